The Morgan fingerprint density at radius 1 is 1.18 bits per heavy atom. The molecule has 5 rings (SSSR count). The van der Waals surface area contributed by atoms with E-state index in [0.29, 0.717) is 16.8 Å². The first-order valence-corrected chi connectivity index (χ1v) is 9.21. The molecule has 0 saturated heterocycles. The van der Waals surface area contributed by atoms with Crippen LogP contribution in [-0.2, 0) is 7.05 Å². The number of hydrogen-bond acceptors (Lipinski definition) is 3. The largest absolute Gasteiger partial charge is 0.449 e. The van der Waals surface area contributed by atoms with Crippen LogP contribution in [0.2, 0.25) is 0 Å². The van der Waals surface area contributed by atoms with E-state index in [0.717, 1.165) is 27.8 Å². The van der Waals surface area contributed by atoms with E-state index in [1.54, 1.807) is 12.4 Å². The van der Waals surface area contributed by atoms with Crippen LogP contribution in [0.15, 0.2) is 71.5 Å². The fourth-order valence-corrected chi connectivity index (χ4v) is 3.94. The van der Waals surface area contributed by atoms with Crippen molar-refractivity contribution in [1.29, 1.82) is 0 Å². The third-order valence-electron chi connectivity index (χ3n) is 5.34. The lowest BCUT2D eigenvalue weighted by Gasteiger charge is -2.24. The van der Waals surface area contributed by atoms with Gasteiger partial charge in [-0.05, 0) is 49.4 Å². The Bertz CT molecular complexity index is 1320. The van der Waals surface area contributed by atoms with E-state index < -0.39 is 6.85 Å². The summed E-state index contributed by atoms with van der Waals surface area (Å²) in [5.41, 5.74) is 5.23. The highest BCUT2D eigenvalue weighted by Gasteiger charge is 2.40. The van der Waals surface area contributed by atoms with Gasteiger partial charge in [0.05, 0.1) is 0 Å². The topological polar surface area (TPSA) is 33.1 Å². The van der Waals surface area contributed by atoms with Crippen LogP contribution < -0.4 is 15.8 Å². The van der Waals surface area contributed by atoms with E-state index in [1.165, 1.54) is 0 Å². The molecule has 28 heavy (non-hydrogen) atoms. The van der Waals surface area contributed by atoms with E-state index in [-0.39, 0.29) is 6.85 Å². The number of nitrogens with zero attached hydrogens (tertiary/aromatic N) is 3. The first-order valence-electron chi connectivity index (χ1n) is 10.7. The first-order chi connectivity index (χ1) is 14.8. The van der Waals surface area contributed by atoms with Crippen LogP contribution in [0.4, 0.5) is 0 Å². The van der Waals surface area contributed by atoms with Gasteiger partial charge in [0.15, 0.2) is 11.8 Å². The second kappa shape index (κ2) is 6.38. The second-order valence-corrected chi connectivity index (χ2v) is 7.12. The molecule has 4 heterocycles. The molecule has 0 aliphatic carbocycles. The van der Waals surface area contributed by atoms with Gasteiger partial charge < -0.3 is 9.23 Å². The fourth-order valence-electron chi connectivity index (χ4n) is 3.94. The van der Waals surface area contributed by atoms with Crippen molar-refractivity contribution in [2.24, 2.45) is 7.05 Å². The smallest absolute Gasteiger partial charge is 0.443 e. The third kappa shape index (κ3) is 2.54. The van der Waals surface area contributed by atoms with Gasteiger partial charge in [0.2, 0.25) is 5.71 Å². The zero-order valence-electron chi connectivity index (χ0n) is 18.8. The van der Waals surface area contributed by atoms with Crippen LogP contribution in [0.25, 0.3) is 28.3 Å². The highest BCUT2D eigenvalue weighted by atomic mass is 16.3. The van der Waals surface area contributed by atoms with E-state index >= 15 is 0 Å². The molecule has 4 nitrogen and oxygen atoms in total. The number of aryl methyl sites for hydroxylation is 2. The predicted molar refractivity (Wildman–Crippen MR) is 114 cm³/mol. The SMILES string of the molecule is [2H]C([2H])([2H])c1c[n+](C)c(B2c3oc4ncccc4c3C=CN2C)cc1-c1ccccc1. The van der Waals surface area contributed by atoms with Crippen molar-refractivity contribution in [2.75, 3.05) is 7.05 Å². The maximum atomic E-state index is 8.08. The molecular formula is C23H21BN3O+. The maximum absolute atomic E-state index is 8.08. The molecule has 0 bridgehead atoms. The van der Waals surface area contributed by atoms with Crippen LogP contribution in [0, 0.1) is 6.85 Å². The molecule has 0 radical (unpaired) electrons. The quantitative estimate of drug-likeness (QED) is 0.402. The van der Waals surface area contributed by atoms with Gasteiger partial charge in [0, 0.05) is 32.9 Å². The van der Waals surface area contributed by atoms with Gasteiger partial charge in [0.1, 0.15) is 12.7 Å². The summed E-state index contributed by atoms with van der Waals surface area (Å²) in [5.74, 6) is 0. The highest BCUT2D eigenvalue weighted by Crippen LogP contribution is 2.24. The molecule has 0 fully saturated rings. The molecule has 1 aromatic carbocycles. The monoisotopic (exact) mass is 369 g/mol. The van der Waals surface area contributed by atoms with Crippen molar-refractivity contribution >= 4 is 35.3 Å². The third-order valence-corrected chi connectivity index (χ3v) is 5.34. The van der Waals surface area contributed by atoms with Crippen LogP contribution in [0.5, 0.6) is 0 Å². The summed E-state index contributed by atoms with van der Waals surface area (Å²) in [4.78, 5) is 6.45. The summed E-state index contributed by atoms with van der Waals surface area (Å²) in [6.45, 7) is -2.44. The van der Waals surface area contributed by atoms with Crippen LogP contribution in [0.1, 0.15) is 15.2 Å². The van der Waals surface area contributed by atoms with Crippen molar-refractivity contribution < 1.29 is 13.1 Å². The summed E-state index contributed by atoms with van der Waals surface area (Å²) in [5, 5.41) is 0.969. The fraction of sp³-hybridized carbons (Fsp3) is 0.130. The van der Waals surface area contributed by atoms with Gasteiger partial charge in [-0.1, -0.05) is 30.3 Å². The van der Waals surface area contributed by atoms with Crippen LogP contribution >= 0.6 is 0 Å². The van der Waals surface area contributed by atoms with E-state index in [1.807, 2.05) is 79.5 Å². The Morgan fingerprint density at radius 3 is 2.86 bits per heavy atom. The summed E-state index contributed by atoms with van der Waals surface area (Å²) in [6, 6.07) is 15.5. The van der Waals surface area contributed by atoms with Gasteiger partial charge >= 0.3 is 6.85 Å². The second-order valence-electron chi connectivity index (χ2n) is 7.12. The minimum atomic E-state index is -2.23. The van der Waals surface area contributed by atoms with Crippen molar-refractivity contribution in [3.05, 3.63) is 78.3 Å². The summed E-state index contributed by atoms with van der Waals surface area (Å²) < 4.78 is 32.3. The normalized spacial score (nSPS) is 15.3. The Morgan fingerprint density at radius 2 is 2.04 bits per heavy atom. The highest BCUT2D eigenvalue weighted by molar-refractivity contribution is 6.82. The Hall–Kier alpha value is -3.34. The van der Waals surface area contributed by atoms with Crippen molar-refractivity contribution in [1.82, 2.24) is 9.79 Å². The summed E-state index contributed by atoms with van der Waals surface area (Å²) in [6.07, 6.45) is 7.50. The molecule has 0 amide bonds. The molecule has 3 aromatic heterocycles. The molecule has 0 N–H and O–H groups in total. The first kappa shape index (κ1) is 13.8. The zero-order valence-corrected chi connectivity index (χ0v) is 15.8. The van der Waals surface area contributed by atoms with E-state index in [2.05, 4.69) is 9.79 Å². The number of rotatable bonds is 2. The molecule has 0 spiro atoms. The molecule has 0 unspecified atom stereocenters. The Labute approximate surface area is 169 Å². The van der Waals surface area contributed by atoms with Gasteiger partial charge in [-0.2, -0.15) is 0 Å². The average Bonchev–Trinajstić information content (AvgIpc) is 3.12. The van der Waals surface area contributed by atoms with Crippen molar-refractivity contribution in [3.8, 4) is 11.1 Å². The minimum Gasteiger partial charge on any atom is -0.449 e. The minimum absolute atomic E-state index is 0.215. The van der Waals surface area contributed by atoms with Gasteiger partial charge in [-0.15, -0.1) is 0 Å². The molecule has 1 aliphatic rings. The van der Waals surface area contributed by atoms with Crippen LogP contribution in [-0.4, -0.2) is 23.7 Å². The molecule has 0 saturated carbocycles. The lowest BCUT2D eigenvalue weighted by molar-refractivity contribution is -0.654. The van der Waals surface area contributed by atoms with Gasteiger partial charge in [-0.25, -0.2) is 9.55 Å². The van der Waals surface area contributed by atoms with Crippen molar-refractivity contribution in [3.63, 3.8) is 0 Å². The lowest BCUT2D eigenvalue weighted by Crippen LogP contribution is -2.65. The predicted octanol–water partition coefficient (Wildman–Crippen LogP) is 2.65. The van der Waals surface area contributed by atoms with Crippen LogP contribution in [0.3, 0.4) is 0 Å². The van der Waals surface area contributed by atoms with Crippen molar-refractivity contribution in [2.45, 2.75) is 6.85 Å². The number of pyridine rings is 2. The number of benzene rings is 1. The Kier molecular flexibility index (Phi) is 3.14. The summed E-state index contributed by atoms with van der Waals surface area (Å²) in [7, 11) is 3.87. The van der Waals surface area contributed by atoms with Gasteiger partial charge in [0.25, 0.3) is 0 Å². The van der Waals surface area contributed by atoms with E-state index in [4.69, 9.17) is 8.53 Å². The van der Waals surface area contributed by atoms with Gasteiger partial charge in [-0.3, -0.25) is 0 Å². The maximum Gasteiger partial charge on any atom is 0.443 e. The number of fused-ring (bicyclic) bond motifs is 3. The lowest BCUT2D eigenvalue weighted by atomic mass is 9.52. The number of hydrogen-bond donors (Lipinski definition) is 0. The number of aromatic nitrogens is 2. The standard InChI is InChI=1S/C23H21BN3O/c1-16-15-26(2)21(14-20(16)17-8-5-4-6-9-17)24-22-18(11-13-27(24)3)19-10-7-12-25-23(19)28-22/h4-15H,1-3H3/q+1/i1D3. The average molecular weight is 369 g/mol. The molecular weight excluding hydrogens is 345 g/mol. The molecule has 4 aromatic rings. The molecule has 5 heteroatoms. The zero-order chi connectivity index (χ0) is 21.8. The van der Waals surface area contributed by atoms with E-state index in [9.17, 15) is 0 Å². The molecule has 1 aliphatic heterocycles. The molecule has 0 atom stereocenters. The molecule has 136 valence electrons. The Balaban J connectivity index is 1.75. The number of furan rings is 1. The summed E-state index contributed by atoms with van der Waals surface area (Å²) >= 11 is 0.